The van der Waals surface area contributed by atoms with E-state index in [2.05, 4.69) is 5.32 Å². The van der Waals surface area contributed by atoms with Gasteiger partial charge in [-0.25, -0.2) is 0 Å². The summed E-state index contributed by atoms with van der Waals surface area (Å²) < 4.78 is 44.9. The molecule has 2 unspecified atom stereocenters. The van der Waals surface area contributed by atoms with Crippen LogP contribution in [0.4, 0.5) is 13.2 Å². The third kappa shape index (κ3) is 3.73. The molecule has 1 fully saturated rings. The molecule has 1 aliphatic heterocycles. The zero-order chi connectivity index (χ0) is 14.6. The Balaban J connectivity index is 2.24. The second-order valence-electron chi connectivity index (χ2n) is 5.07. The molecule has 1 aromatic rings. The van der Waals surface area contributed by atoms with Crippen LogP contribution in [-0.4, -0.2) is 19.3 Å². The molecule has 0 bridgehead atoms. The summed E-state index contributed by atoms with van der Waals surface area (Å²) in [5.41, 5.74) is -0.235. The number of benzene rings is 1. The number of hydrogen-bond donors (Lipinski definition) is 1. The molecule has 2 rings (SSSR count). The second kappa shape index (κ2) is 6.59. The fourth-order valence-electron chi connectivity index (χ4n) is 2.72. The first kappa shape index (κ1) is 15.3. The SMILES string of the molecule is CCNC(CC1CCCO1)c1ccccc1C(F)(F)F. The van der Waals surface area contributed by atoms with Gasteiger partial charge in [-0.15, -0.1) is 0 Å². The van der Waals surface area contributed by atoms with Crippen molar-refractivity contribution in [3.63, 3.8) is 0 Å². The minimum atomic E-state index is -4.32. The van der Waals surface area contributed by atoms with Gasteiger partial charge in [0.1, 0.15) is 0 Å². The van der Waals surface area contributed by atoms with Gasteiger partial charge in [-0.1, -0.05) is 25.1 Å². The molecule has 20 heavy (non-hydrogen) atoms. The van der Waals surface area contributed by atoms with Crippen LogP contribution in [0, 0.1) is 0 Å². The van der Waals surface area contributed by atoms with Crippen LogP contribution < -0.4 is 5.32 Å². The summed E-state index contributed by atoms with van der Waals surface area (Å²) in [4.78, 5) is 0. The summed E-state index contributed by atoms with van der Waals surface area (Å²) in [6, 6.07) is 5.48. The standard InChI is InChI=1S/C15H20F3NO/c1-2-19-14(10-11-6-5-9-20-11)12-7-3-4-8-13(12)15(16,17)18/h3-4,7-8,11,14,19H,2,5-6,9-10H2,1H3. The van der Waals surface area contributed by atoms with Crippen LogP contribution in [-0.2, 0) is 10.9 Å². The smallest absolute Gasteiger partial charge is 0.378 e. The largest absolute Gasteiger partial charge is 0.416 e. The summed E-state index contributed by atoms with van der Waals surface area (Å²) in [5.74, 6) is 0. The molecule has 0 saturated carbocycles. The Morgan fingerprint density at radius 1 is 1.35 bits per heavy atom. The van der Waals surface area contributed by atoms with E-state index in [1.807, 2.05) is 6.92 Å². The van der Waals surface area contributed by atoms with Crippen LogP contribution in [0.1, 0.15) is 43.4 Å². The molecule has 1 saturated heterocycles. The van der Waals surface area contributed by atoms with Gasteiger partial charge in [0.2, 0.25) is 0 Å². The molecule has 0 spiro atoms. The van der Waals surface area contributed by atoms with E-state index in [4.69, 9.17) is 4.74 Å². The molecule has 0 amide bonds. The monoisotopic (exact) mass is 287 g/mol. The van der Waals surface area contributed by atoms with Gasteiger partial charge in [-0.05, 0) is 37.4 Å². The molecule has 0 aromatic heterocycles. The molecule has 2 nitrogen and oxygen atoms in total. The number of rotatable bonds is 5. The maximum Gasteiger partial charge on any atom is 0.416 e. The summed E-state index contributed by atoms with van der Waals surface area (Å²) in [7, 11) is 0. The minimum absolute atomic E-state index is 0.0559. The Morgan fingerprint density at radius 2 is 2.10 bits per heavy atom. The molecule has 5 heteroatoms. The van der Waals surface area contributed by atoms with Crippen molar-refractivity contribution in [1.82, 2.24) is 5.32 Å². The lowest BCUT2D eigenvalue weighted by molar-refractivity contribution is -0.138. The number of alkyl halides is 3. The van der Waals surface area contributed by atoms with Crippen LogP contribution in [0.15, 0.2) is 24.3 Å². The van der Waals surface area contributed by atoms with Gasteiger partial charge < -0.3 is 10.1 Å². The van der Waals surface area contributed by atoms with Crippen LogP contribution >= 0.6 is 0 Å². The average molecular weight is 287 g/mol. The first-order valence-corrected chi connectivity index (χ1v) is 7.03. The molecule has 0 aliphatic carbocycles. The van der Waals surface area contributed by atoms with Crippen LogP contribution in [0.5, 0.6) is 0 Å². The summed E-state index contributed by atoms with van der Waals surface area (Å²) in [5, 5.41) is 3.16. The fourth-order valence-corrected chi connectivity index (χ4v) is 2.72. The van der Waals surface area contributed by atoms with Gasteiger partial charge >= 0.3 is 6.18 Å². The first-order chi connectivity index (χ1) is 9.52. The molecule has 0 radical (unpaired) electrons. The Morgan fingerprint density at radius 3 is 2.70 bits per heavy atom. The molecule has 1 heterocycles. The highest BCUT2D eigenvalue weighted by molar-refractivity contribution is 5.32. The van der Waals surface area contributed by atoms with E-state index in [-0.39, 0.29) is 12.1 Å². The molecular formula is C15H20F3NO. The predicted molar refractivity (Wildman–Crippen MR) is 71.5 cm³/mol. The van der Waals surface area contributed by atoms with E-state index in [1.165, 1.54) is 6.07 Å². The van der Waals surface area contributed by atoms with Crippen molar-refractivity contribution in [3.8, 4) is 0 Å². The Bertz CT molecular complexity index is 427. The zero-order valence-electron chi connectivity index (χ0n) is 11.5. The van der Waals surface area contributed by atoms with Crippen LogP contribution in [0.25, 0.3) is 0 Å². The Kier molecular flexibility index (Phi) is 5.05. The summed E-state index contributed by atoms with van der Waals surface area (Å²) in [6.45, 7) is 3.24. The minimum Gasteiger partial charge on any atom is -0.378 e. The van der Waals surface area contributed by atoms with E-state index in [0.29, 0.717) is 25.1 Å². The van der Waals surface area contributed by atoms with E-state index >= 15 is 0 Å². The van der Waals surface area contributed by atoms with Crippen molar-refractivity contribution in [2.45, 2.75) is 44.5 Å². The molecule has 2 atom stereocenters. The van der Waals surface area contributed by atoms with Crippen LogP contribution in [0.2, 0.25) is 0 Å². The summed E-state index contributed by atoms with van der Waals surface area (Å²) in [6.07, 6.45) is -1.76. The van der Waals surface area contributed by atoms with Gasteiger partial charge in [0.25, 0.3) is 0 Å². The summed E-state index contributed by atoms with van der Waals surface area (Å²) >= 11 is 0. The van der Waals surface area contributed by atoms with Crippen molar-refractivity contribution >= 4 is 0 Å². The lowest BCUT2D eigenvalue weighted by atomic mass is 9.94. The number of ether oxygens (including phenoxy) is 1. The van der Waals surface area contributed by atoms with Crippen molar-refractivity contribution in [1.29, 1.82) is 0 Å². The van der Waals surface area contributed by atoms with Crippen LogP contribution in [0.3, 0.4) is 0 Å². The van der Waals surface area contributed by atoms with E-state index in [9.17, 15) is 13.2 Å². The van der Waals surface area contributed by atoms with Crippen molar-refractivity contribution in [2.75, 3.05) is 13.2 Å². The third-order valence-corrected chi connectivity index (χ3v) is 3.61. The predicted octanol–water partition coefficient (Wildman–Crippen LogP) is 3.93. The molecule has 112 valence electrons. The number of halogens is 3. The molecule has 1 aliphatic rings. The average Bonchev–Trinajstić information content (AvgIpc) is 2.90. The van der Waals surface area contributed by atoms with Gasteiger partial charge in [0.05, 0.1) is 11.7 Å². The maximum atomic E-state index is 13.1. The molecular weight excluding hydrogens is 267 g/mol. The lowest BCUT2D eigenvalue weighted by Gasteiger charge is -2.24. The van der Waals surface area contributed by atoms with Gasteiger partial charge in [0, 0.05) is 12.6 Å². The topological polar surface area (TPSA) is 21.3 Å². The molecule has 1 aromatic carbocycles. The Labute approximate surface area is 117 Å². The van der Waals surface area contributed by atoms with Gasteiger partial charge in [0.15, 0.2) is 0 Å². The van der Waals surface area contributed by atoms with Gasteiger partial charge in [-0.2, -0.15) is 13.2 Å². The van der Waals surface area contributed by atoms with E-state index in [1.54, 1.807) is 12.1 Å². The highest BCUT2D eigenvalue weighted by Gasteiger charge is 2.35. The normalized spacial score (nSPS) is 21.1. The highest BCUT2D eigenvalue weighted by atomic mass is 19.4. The number of nitrogens with one attached hydrogen (secondary N) is 1. The highest BCUT2D eigenvalue weighted by Crippen LogP contribution is 2.36. The van der Waals surface area contributed by atoms with E-state index < -0.39 is 11.7 Å². The van der Waals surface area contributed by atoms with Gasteiger partial charge in [-0.3, -0.25) is 0 Å². The lowest BCUT2D eigenvalue weighted by Crippen LogP contribution is -2.27. The fraction of sp³-hybridized carbons (Fsp3) is 0.600. The number of hydrogen-bond acceptors (Lipinski definition) is 2. The Hall–Kier alpha value is -1.07. The maximum absolute atomic E-state index is 13.1. The third-order valence-electron chi connectivity index (χ3n) is 3.61. The quantitative estimate of drug-likeness (QED) is 0.886. The van der Waals surface area contributed by atoms with E-state index in [0.717, 1.165) is 18.9 Å². The second-order valence-corrected chi connectivity index (χ2v) is 5.07. The molecule has 1 N–H and O–H groups in total. The zero-order valence-corrected chi connectivity index (χ0v) is 11.5. The van der Waals surface area contributed by atoms with Crippen molar-refractivity contribution in [2.24, 2.45) is 0 Å². The van der Waals surface area contributed by atoms with Crippen molar-refractivity contribution < 1.29 is 17.9 Å². The first-order valence-electron chi connectivity index (χ1n) is 7.03. The van der Waals surface area contributed by atoms with Crippen molar-refractivity contribution in [3.05, 3.63) is 35.4 Å².